The van der Waals surface area contributed by atoms with Crippen molar-refractivity contribution in [3.8, 4) is 0 Å². The number of nitrogens with zero attached hydrogens (tertiary/aromatic N) is 6. The Morgan fingerprint density at radius 3 is 2.50 bits per heavy atom. The average Bonchev–Trinajstić information content (AvgIpc) is 3.37. The maximum absolute atomic E-state index is 12.7. The molecule has 3 rings (SSSR count). The van der Waals surface area contributed by atoms with E-state index in [4.69, 9.17) is 9.26 Å². The zero-order valence-electron chi connectivity index (χ0n) is 18.1. The summed E-state index contributed by atoms with van der Waals surface area (Å²) in [6.45, 7) is 2.04. The number of aromatic nitrogens is 5. The topological polar surface area (TPSA) is 158 Å². The summed E-state index contributed by atoms with van der Waals surface area (Å²) in [6, 6.07) is 1.44. The summed E-state index contributed by atoms with van der Waals surface area (Å²) in [7, 11) is 2.88. The van der Waals surface area contributed by atoms with Gasteiger partial charge in [0.2, 0.25) is 0 Å². The Labute approximate surface area is 182 Å². The summed E-state index contributed by atoms with van der Waals surface area (Å²) in [5.41, 5.74) is -0.645. The van der Waals surface area contributed by atoms with E-state index in [9.17, 15) is 24.6 Å². The smallest absolute Gasteiger partial charge is 0.360 e. The van der Waals surface area contributed by atoms with Crippen molar-refractivity contribution in [1.82, 2.24) is 28.7 Å². The molecular formula is C19H26N6O7. The van der Waals surface area contributed by atoms with E-state index >= 15 is 0 Å². The quantitative estimate of drug-likeness (QED) is 0.339. The van der Waals surface area contributed by atoms with Gasteiger partial charge in [0.1, 0.15) is 11.9 Å². The molecule has 1 atom stereocenters. The maximum atomic E-state index is 12.7. The zero-order chi connectivity index (χ0) is 23.4. The second kappa shape index (κ2) is 9.89. The summed E-state index contributed by atoms with van der Waals surface area (Å²) in [5.74, 6) is -0.273. The number of ether oxygens (including phenoxy) is 1. The van der Waals surface area contributed by atoms with Crippen molar-refractivity contribution in [2.24, 2.45) is 14.1 Å². The molecule has 0 bridgehead atoms. The number of aliphatic hydroxyl groups excluding tert-OH is 2. The van der Waals surface area contributed by atoms with Gasteiger partial charge < -0.3 is 24.0 Å². The van der Waals surface area contributed by atoms with Crippen LogP contribution in [0.4, 0.5) is 0 Å². The number of fused-ring (bicyclic) bond motifs is 1. The van der Waals surface area contributed by atoms with Crippen LogP contribution in [0.25, 0.3) is 11.2 Å². The third-order valence-electron chi connectivity index (χ3n) is 5.02. The number of carbonyl (C=O) groups is 1. The van der Waals surface area contributed by atoms with Gasteiger partial charge in [0.05, 0.1) is 26.1 Å². The number of carbonyl (C=O) groups excluding carboxylic acids is 1. The molecule has 1 unspecified atom stereocenters. The molecule has 3 aromatic rings. The van der Waals surface area contributed by atoms with Crippen LogP contribution >= 0.6 is 0 Å². The molecule has 0 aliphatic carbocycles. The number of aliphatic hydroxyl groups is 2. The van der Waals surface area contributed by atoms with Crippen molar-refractivity contribution in [2.75, 3.05) is 32.8 Å². The minimum absolute atomic E-state index is 0.00262. The Morgan fingerprint density at radius 1 is 1.22 bits per heavy atom. The summed E-state index contributed by atoms with van der Waals surface area (Å²) in [4.78, 5) is 43.4. The van der Waals surface area contributed by atoms with Gasteiger partial charge in [0.15, 0.2) is 16.9 Å². The molecule has 0 amide bonds. The molecule has 2 N–H and O–H groups in total. The lowest BCUT2D eigenvalue weighted by Gasteiger charge is -2.26. The van der Waals surface area contributed by atoms with E-state index in [-0.39, 0.29) is 56.3 Å². The SMILES string of the molecule is Cc1cc(C(=O)OC(CN(CCO)CCO)Cn2cnc3c2c(=O)n(C)c(=O)n3C)no1. The van der Waals surface area contributed by atoms with Crippen molar-refractivity contribution in [1.29, 1.82) is 0 Å². The Kier molecular flexibility index (Phi) is 7.22. The van der Waals surface area contributed by atoms with Crippen LogP contribution in [0.3, 0.4) is 0 Å². The maximum Gasteiger partial charge on any atom is 0.360 e. The lowest BCUT2D eigenvalue weighted by Crippen LogP contribution is -2.41. The van der Waals surface area contributed by atoms with Gasteiger partial charge in [0, 0.05) is 39.8 Å². The molecule has 0 aliphatic rings. The monoisotopic (exact) mass is 450 g/mol. The van der Waals surface area contributed by atoms with Gasteiger partial charge in [-0.05, 0) is 6.92 Å². The lowest BCUT2D eigenvalue weighted by molar-refractivity contribution is 0.0116. The number of rotatable bonds is 10. The number of imidazole rings is 1. The molecule has 3 heterocycles. The lowest BCUT2D eigenvalue weighted by atomic mass is 10.3. The van der Waals surface area contributed by atoms with Crippen LogP contribution in [-0.2, 0) is 25.4 Å². The molecule has 32 heavy (non-hydrogen) atoms. The fraction of sp³-hybridized carbons (Fsp3) is 0.526. The molecule has 0 fully saturated rings. The van der Waals surface area contributed by atoms with E-state index in [1.54, 1.807) is 11.8 Å². The van der Waals surface area contributed by atoms with Crippen LogP contribution < -0.4 is 11.2 Å². The van der Waals surface area contributed by atoms with Crippen LogP contribution in [0.15, 0.2) is 26.5 Å². The van der Waals surface area contributed by atoms with Crippen LogP contribution in [0.5, 0.6) is 0 Å². The van der Waals surface area contributed by atoms with Gasteiger partial charge in [-0.15, -0.1) is 0 Å². The average molecular weight is 450 g/mol. The number of aryl methyl sites for hydroxylation is 2. The first-order chi connectivity index (χ1) is 15.3. The second-order valence-corrected chi connectivity index (χ2v) is 7.37. The highest BCUT2D eigenvalue weighted by Gasteiger charge is 2.24. The predicted octanol–water partition coefficient (Wildman–Crippen LogP) is -1.76. The number of esters is 1. The minimum atomic E-state index is -0.794. The van der Waals surface area contributed by atoms with Crippen molar-refractivity contribution in [2.45, 2.75) is 19.6 Å². The summed E-state index contributed by atoms with van der Waals surface area (Å²) in [6.07, 6.45) is 0.603. The Bertz CT molecular complexity index is 1200. The van der Waals surface area contributed by atoms with Gasteiger partial charge >= 0.3 is 11.7 Å². The van der Waals surface area contributed by atoms with E-state index in [0.717, 1.165) is 4.57 Å². The highest BCUT2D eigenvalue weighted by Crippen LogP contribution is 2.12. The molecule has 0 radical (unpaired) electrons. The molecule has 0 saturated heterocycles. The molecule has 0 aromatic carbocycles. The standard InChI is InChI=1S/C19H26N6O7/c1-12-8-14(21-32-12)18(29)31-13(9-24(4-6-26)5-7-27)10-25-11-20-16-15(25)17(28)23(3)19(30)22(16)2/h8,11,13,26-27H,4-7,9-10H2,1-3H3. The Balaban J connectivity index is 1.95. The zero-order valence-corrected chi connectivity index (χ0v) is 18.1. The molecule has 0 aliphatic heterocycles. The van der Waals surface area contributed by atoms with Gasteiger partial charge in [0.25, 0.3) is 5.56 Å². The molecular weight excluding hydrogens is 424 g/mol. The number of hydrogen-bond acceptors (Lipinski definition) is 10. The third-order valence-corrected chi connectivity index (χ3v) is 5.02. The van der Waals surface area contributed by atoms with Gasteiger partial charge in [-0.1, -0.05) is 5.16 Å². The van der Waals surface area contributed by atoms with Crippen molar-refractivity contribution in [3.05, 3.63) is 44.7 Å². The minimum Gasteiger partial charge on any atom is -0.454 e. The van der Waals surface area contributed by atoms with E-state index in [2.05, 4.69) is 10.1 Å². The fourth-order valence-corrected chi connectivity index (χ4v) is 3.43. The summed E-state index contributed by atoms with van der Waals surface area (Å²) < 4.78 is 14.3. The molecule has 174 valence electrons. The molecule has 13 nitrogen and oxygen atoms in total. The van der Waals surface area contributed by atoms with Crippen molar-refractivity contribution < 1.29 is 24.3 Å². The second-order valence-electron chi connectivity index (χ2n) is 7.37. The third kappa shape index (κ3) is 4.79. The Morgan fingerprint density at radius 2 is 1.91 bits per heavy atom. The first-order valence-corrected chi connectivity index (χ1v) is 9.96. The van der Waals surface area contributed by atoms with E-state index in [1.165, 1.54) is 35.6 Å². The largest absolute Gasteiger partial charge is 0.454 e. The molecule has 3 aromatic heterocycles. The van der Waals surface area contributed by atoms with E-state index in [0.29, 0.717) is 5.76 Å². The predicted molar refractivity (Wildman–Crippen MR) is 111 cm³/mol. The first kappa shape index (κ1) is 23.4. The highest BCUT2D eigenvalue weighted by atomic mass is 16.5. The molecule has 0 saturated carbocycles. The van der Waals surface area contributed by atoms with E-state index in [1.807, 2.05) is 0 Å². The molecule has 13 heteroatoms. The summed E-state index contributed by atoms with van der Waals surface area (Å²) in [5, 5.41) is 22.3. The van der Waals surface area contributed by atoms with Gasteiger partial charge in [-0.3, -0.25) is 18.8 Å². The summed E-state index contributed by atoms with van der Waals surface area (Å²) >= 11 is 0. The van der Waals surface area contributed by atoms with Crippen LogP contribution in [0.2, 0.25) is 0 Å². The van der Waals surface area contributed by atoms with Crippen LogP contribution in [-0.4, -0.2) is 83.9 Å². The number of hydrogen-bond donors (Lipinski definition) is 2. The van der Waals surface area contributed by atoms with Crippen molar-refractivity contribution in [3.63, 3.8) is 0 Å². The first-order valence-electron chi connectivity index (χ1n) is 9.96. The fourth-order valence-electron chi connectivity index (χ4n) is 3.43. The van der Waals surface area contributed by atoms with Crippen LogP contribution in [0.1, 0.15) is 16.2 Å². The van der Waals surface area contributed by atoms with Gasteiger partial charge in [-0.2, -0.15) is 0 Å². The Hall–Kier alpha value is -3.29. The van der Waals surface area contributed by atoms with Crippen molar-refractivity contribution >= 4 is 17.1 Å². The van der Waals surface area contributed by atoms with Crippen LogP contribution in [0, 0.1) is 6.92 Å². The van der Waals surface area contributed by atoms with Gasteiger partial charge in [-0.25, -0.2) is 14.6 Å². The van der Waals surface area contributed by atoms with E-state index < -0.39 is 23.3 Å². The normalized spacial score (nSPS) is 12.6. The molecule has 0 spiro atoms. The highest BCUT2D eigenvalue weighted by molar-refractivity contribution is 5.87.